The zero-order valence-corrected chi connectivity index (χ0v) is 12.6. The molecule has 112 valence electrons. The Morgan fingerprint density at radius 3 is 2.35 bits per heavy atom. The maximum atomic E-state index is 12.3. The lowest BCUT2D eigenvalue weighted by molar-refractivity contribution is -0.155. The second-order valence-corrected chi connectivity index (χ2v) is 4.98. The highest BCUT2D eigenvalue weighted by atomic mass is 16.5. The van der Waals surface area contributed by atoms with Gasteiger partial charge in [-0.1, -0.05) is 25.5 Å². The van der Waals surface area contributed by atoms with Crippen molar-refractivity contribution in [2.24, 2.45) is 11.1 Å². The monoisotopic (exact) mass is 279 g/mol. The van der Waals surface area contributed by atoms with E-state index in [0.29, 0.717) is 19.6 Å². The predicted octanol–water partition coefficient (Wildman–Crippen LogP) is 2.55. The van der Waals surface area contributed by atoms with Crippen molar-refractivity contribution >= 4 is 5.97 Å². The zero-order valence-electron chi connectivity index (χ0n) is 12.6. The Balaban J connectivity index is 2.94. The topological polar surface area (TPSA) is 61.5 Å². The Hall–Kier alpha value is -1.55. The summed E-state index contributed by atoms with van der Waals surface area (Å²) in [5.41, 5.74) is 6.35. The van der Waals surface area contributed by atoms with Gasteiger partial charge in [0.1, 0.15) is 5.75 Å². The minimum Gasteiger partial charge on any atom is -0.497 e. The third-order valence-corrected chi connectivity index (χ3v) is 3.53. The summed E-state index contributed by atoms with van der Waals surface area (Å²) < 4.78 is 10.4. The molecule has 1 aromatic carbocycles. The molecule has 1 unspecified atom stereocenters. The number of rotatable bonds is 8. The first kappa shape index (κ1) is 16.5. The molecular weight excluding hydrogens is 254 g/mol. The maximum absolute atomic E-state index is 12.3. The lowest BCUT2D eigenvalue weighted by Crippen LogP contribution is -2.42. The number of carbonyl (C=O) groups excluding carboxylic acids is 1. The normalized spacial score (nSPS) is 13.6. The molecule has 2 N–H and O–H groups in total. The highest BCUT2D eigenvalue weighted by Crippen LogP contribution is 2.30. The third kappa shape index (κ3) is 3.97. The summed E-state index contributed by atoms with van der Waals surface area (Å²) >= 11 is 0. The van der Waals surface area contributed by atoms with Gasteiger partial charge in [-0.05, 0) is 37.5 Å². The molecule has 20 heavy (non-hydrogen) atoms. The first-order valence-electron chi connectivity index (χ1n) is 7.12. The Labute approximate surface area is 121 Å². The van der Waals surface area contributed by atoms with Crippen LogP contribution in [-0.4, -0.2) is 26.2 Å². The van der Waals surface area contributed by atoms with Crippen LogP contribution in [0.15, 0.2) is 24.3 Å². The number of nitrogens with two attached hydrogens (primary N) is 1. The van der Waals surface area contributed by atoms with Crippen LogP contribution in [0, 0.1) is 5.41 Å². The number of esters is 1. The average Bonchev–Trinajstić information content (AvgIpc) is 2.47. The van der Waals surface area contributed by atoms with Crippen LogP contribution >= 0.6 is 0 Å². The summed E-state index contributed by atoms with van der Waals surface area (Å²) in [5, 5.41) is 0. The SMILES string of the molecule is CCCC(CN)(Cc1ccc(OC)cc1)C(=O)OCC. The molecule has 0 aliphatic heterocycles. The van der Waals surface area contributed by atoms with Gasteiger partial charge in [0, 0.05) is 6.54 Å². The van der Waals surface area contributed by atoms with E-state index < -0.39 is 5.41 Å². The highest BCUT2D eigenvalue weighted by Gasteiger charge is 2.37. The maximum Gasteiger partial charge on any atom is 0.313 e. The van der Waals surface area contributed by atoms with Gasteiger partial charge >= 0.3 is 5.97 Å². The first-order valence-corrected chi connectivity index (χ1v) is 7.12. The van der Waals surface area contributed by atoms with Crippen LogP contribution in [0.5, 0.6) is 5.75 Å². The Bertz CT molecular complexity index is 416. The van der Waals surface area contributed by atoms with E-state index in [9.17, 15) is 4.79 Å². The second kappa shape index (κ2) is 7.90. The van der Waals surface area contributed by atoms with Crippen LogP contribution in [0.1, 0.15) is 32.3 Å². The van der Waals surface area contributed by atoms with Crippen molar-refractivity contribution in [3.63, 3.8) is 0 Å². The van der Waals surface area contributed by atoms with Gasteiger partial charge in [-0.25, -0.2) is 0 Å². The van der Waals surface area contributed by atoms with E-state index in [1.807, 2.05) is 31.2 Å². The van der Waals surface area contributed by atoms with E-state index in [4.69, 9.17) is 15.2 Å². The van der Waals surface area contributed by atoms with Crippen molar-refractivity contribution in [2.45, 2.75) is 33.1 Å². The quantitative estimate of drug-likeness (QED) is 0.743. The van der Waals surface area contributed by atoms with Crippen molar-refractivity contribution in [3.8, 4) is 5.75 Å². The standard InChI is InChI=1S/C16H25NO3/c1-4-10-16(12-17,15(18)20-5-2)11-13-6-8-14(19-3)9-7-13/h6-9H,4-5,10-12,17H2,1-3H3. The second-order valence-electron chi connectivity index (χ2n) is 4.98. The summed E-state index contributed by atoms with van der Waals surface area (Å²) in [5.74, 6) is 0.610. The smallest absolute Gasteiger partial charge is 0.313 e. The minimum atomic E-state index is -0.626. The van der Waals surface area contributed by atoms with Crippen LogP contribution < -0.4 is 10.5 Å². The lowest BCUT2D eigenvalue weighted by Gasteiger charge is -2.30. The Morgan fingerprint density at radius 2 is 1.90 bits per heavy atom. The fraction of sp³-hybridized carbons (Fsp3) is 0.562. The molecule has 1 rings (SSSR count). The number of methoxy groups -OCH3 is 1. The van der Waals surface area contributed by atoms with Gasteiger partial charge in [0.2, 0.25) is 0 Å². The Kier molecular flexibility index (Phi) is 6.52. The third-order valence-electron chi connectivity index (χ3n) is 3.53. The molecule has 0 saturated carbocycles. The van der Waals surface area contributed by atoms with Gasteiger partial charge in [-0.15, -0.1) is 0 Å². The fourth-order valence-corrected chi connectivity index (χ4v) is 2.42. The first-order chi connectivity index (χ1) is 9.61. The van der Waals surface area contributed by atoms with Gasteiger partial charge in [0.05, 0.1) is 19.1 Å². The summed E-state index contributed by atoms with van der Waals surface area (Å²) in [4.78, 5) is 12.3. The van der Waals surface area contributed by atoms with Gasteiger partial charge in [-0.3, -0.25) is 4.79 Å². The molecule has 4 heteroatoms. The van der Waals surface area contributed by atoms with Crippen molar-refractivity contribution in [3.05, 3.63) is 29.8 Å². The molecule has 0 fully saturated rings. The van der Waals surface area contributed by atoms with Gasteiger partial charge in [0.15, 0.2) is 0 Å². The van der Waals surface area contributed by atoms with Crippen LogP contribution in [0.2, 0.25) is 0 Å². The molecule has 0 aliphatic rings. The molecule has 0 amide bonds. The van der Waals surface area contributed by atoms with E-state index in [-0.39, 0.29) is 5.97 Å². The summed E-state index contributed by atoms with van der Waals surface area (Å²) in [6.45, 7) is 4.55. The molecule has 0 radical (unpaired) electrons. The summed E-state index contributed by atoms with van der Waals surface area (Å²) in [6.07, 6.45) is 2.22. The highest BCUT2D eigenvalue weighted by molar-refractivity contribution is 5.77. The van der Waals surface area contributed by atoms with Crippen LogP contribution in [0.3, 0.4) is 0 Å². The molecular formula is C16H25NO3. The van der Waals surface area contributed by atoms with Crippen molar-refractivity contribution in [2.75, 3.05) is 20.3 Å². The predicted molar refractivity (Wildman–Crippen MR) is 79.7 cm³/mol. The van der Waals surface area contributed by atoms with Gasteiger partial charge in [-0.2, -0.15) is 0 Å². The van der Waals surface area contributed by atoms with Crippen molar-refractivity contribution < 1.29 is 14.3 Å². The number of carbonyl (C=O) groups is 1. The van der Waals surface area contributed by atoms with E-state index in [2.05, 4.69) is 6.92 Å². The molecule has 0 spiro atoms. The molecule has 1 atom stereocenters. The molecule has 0 bridgehead atoms. The average molecular weight is 279 g/mol. The largest absolute Gasteiger partial charge is 0.497 e. The molecule has 1 aromatic rings. The van der Waals surface area contributed by atoms with Gasteiger partial charge < -0.3 is 15.2 Å². The van der Waals surface area contributed by atoms with E-state index >= 15 is 0 Å². The molecule has 0 aliphatic carbocycles. The summed E-state index contributed by atoms with van der Waals surface area (Å²) in [7, 11) is 1.63. The number of hydrogen-bond donors (Lipinski definition) is 1. The fourth-order valence-electron chi connectivity index (χ4n) is 2.42. The van der Waals surface area contributed by atoms with Crippen LogP contribution in [-0.2, 0) is 16.0 Å². The van der Waals surface area contributed by atoms with E-state index in [1.54, 1.807) is 7.11 Å². The molecule has 0 aromatic heterocycles. The zero-order chi connectivity index (χ0) is 15.0. The van der Waals surface area contributed by atoms with E-state index in [0.717, 1.165) is 24.2 Å². The number of ether oxygens (including phenoxy) is 2. The molecule has 0 saturated heterocycles. The molecule has 0 heterocycles. The minimum absolute atomic E-state index is 0.194. The lowest BCUT2D eigenvalue weighted by atomic mass is 9.78. The van der Waals surface area contributed by atoms with Crippen LogP contribution in [0.25, 0.3) is 0 Å². The van der Waals surface area contributed by atoms with Crippen molar-refractivity contribution in [1.29, 1.82) is 0 Å². The summed E-state index contributed by atoms with van der Waals surface area (Å²) in [6, 6.07) is 7.73. The van der Waals surface area contributed by atoms with Gasteiger partial charge in [0.25, 0.3) is 0 Å². The van der Waals surface area contributed by atoms with E-state index in [1.165, 1.54) is 0 Å². The number of hydrogen-bond acceptors (Lipinski definition) is 4. The van der Waals surface area contributed by atoms with Crippen LogP contribution in [0.4, 0.5) is 0 Å². The molecule has 4 nitrogen and oxygen atoms in total. The Morgan fingerprint density at radius 1 is 1.25 bits per heavy atom. The number of benzene rings is 1. The van der Waals surface area contributed by atoms with Crippen molar-refractivity contribution in [1.82, 2.24) is 0 Å².